The number of nitrogens with one attached hydrogen (secondary N) is 4. The van der Waals surface area contributed by atoms with Crippen LogP contribution in [0.2, 0.25) is 0 Å². The Bertz CT molecular complexity index is 1020. The third kappa shape index (κ3) is 5.10. The molecule has 1 aliphatic heterocycles. The summed E-state index contributed by atoms with van der Waals surface area (Å²) in [4.78, 5) is 35.5. The highest BCUT2D eigenvalue weighted by Gasteiger charge is 2.43. The van der Waals surface area contributed by atoms with Gasteiger partial charge in [0.1, 0.15) is 0 Å². The number of sulfonamides is 1. The lowest BCUT2D eigenvalue weighted by Gasteiger charge is -2.31. The van der Waals surface area contributed by atoms with Gasteiger partial charge in [-0.25, -0.2) is 17.9 Å². The number of hydrogen-bond donors (Lipinski definition) is 4. The number of carbonyl (C=O) groups is 3. The van der Waals surface area contributed by atoms with Crippen LogP contribution in [0.15, 0.2) is 34.9 Å². The Morgan fingerprint density at radius 2 is 2.03 bits per heavy atom. The van der Waals surface area contributed by atoms with Crippen molar-refractivity contribution < 1.29 is 22.8 Å². The second-order valence-electron chi connectivity index (χ2n) is 7.16. The summed E-state index contributed by atoms with van der Waals surface area (Å²) in [5.74, 6) is -0.175. The van der Waals surface area contributed by atoms with Gasteiger partial charge < -0.3 is 16.0 Å². The van der Waals surface area contributed by atoms with E-state index in [4.69, 9.17) is 12.2 Å². The minimum Gasteiger partial charge on any atom is -0.352 e. The number of urea groups is 1. The summed E-state index contributed by atoms with van der Waals surface area (Å²) in [6.45, 7) is 5.62. The number of thiocarbonyl (C=S) groups is 1. The summed E-state index contributed by atoms with van der Waals surface area (Å²) >= 11 is 4.93. The van der Waals surface area contributed by atoms with E-state index in [1.165, 1.54) is 17.5 Å². The van der Waals surface area contributed by atoms with Crippen LogP contribution in [0.3, 0.4) is 0 Å². The molecule has 9 nitrogen and oxygen atoms in total. The fourth-order valence-electron chi connectivity index (χ4n) is 3.64. The van der Waals surface area contributed by atoms with Gasteiger partial charge in [-0.15, -0.1) is 0 Å². The highest BCUT2D eigenvalue weighted by molar-refractivity contribution is 7.90. The van der Waals surface area contributed by atoms with Crippen LogP contribution >= 0.6 is 12.2 Å². The predicted molar refractivity (Wildman–Crippen MR) is 120 cm³/mol. The number of carbonyl (C=O) groups excluding carboxylic acids is 3. The van der Waals surface area contributed by atoms with Crippen LogP contribution in [-0.2, 0) is 19.6 Å². The molecule has 168 valence electrons. The molecule has 1 aromatic rings. The van der Waals surface area contributed by atoms with Crippen molar-refractivity contribution >= 4 is 46.0 Å². The second kappa shape index (κ2) is 10.0. The van der Waals surface area contributed by atoms with E-state index in [1.54, 1.807) is 19.2 Å². The van der Waals surface area contributed by atoms with Crippen molar-refractivity contribution in [1.29, 1.82) is 0 Å². The van der Waals surface area contributed by atoms with Gasteiger partial charge in [-0.2, -0.15) is 0 Å². The molecule has 1 heterocycles. The van der Waals surface area contributed by atoms with Crippen molar-refractivity contribution in [3.05, 3.63) is 41.1 Å². The maximum atomic E-state index is 12.8. The van der Waals surface area contributed by atoms with Crippen molar-refractivity contribution in [2.45, 2.75) is 44.6 Å². The first-order valence-electron chi connectivity index (χ1n) is 9.72. The largest absolute Gasteiger partial charge is 0.352 e. The summed E-state index contributed by atoms with van der Waals surface area (Å²) in [7, 11) is -4.23. The zero-order valence-electron chi connectivity index (χ0n) is 17.5. The Labute approximate surface area is 187 Å². The van der Waals surface area contributed by atoms with E-state index < -0.39 is 27.5 Å². The van der Waals surface area contributed by atoms with E-state index in [-0.39, 0.29) is 29.3 Å². The van der Waals surface area contributed by atoms with Crippen molar-refractivity contribution in [3.63, 3.8) is 0 Å². The van der Waals surface area contributed by atoms with E-state index in [0.717, 1.165) is 5.57 Å². The molecule has 1 aromatic carbocycles. The SMILES string of the molecule is CCNC(=O)NS(=O)(=O)c1cc(C(CC2(CC)C(=O)NC=C2C)NC=O)ccc1C=S. The van der Waals surface area contributed by atoms with Gasteiger partial charge in [0.15, 0.2) is 0 Å². The predicted octanol–water partition coefficient (Wildman–Crippen LogP) is 1.65. The zero-order chi connectivity index (χ0) is 23.2. The topological polar surface area (TPSA) is 133 Å². The van der Waals surface area contributed by atoms with Crippen molar-refractivity contribution in [2.24, 2.45) is 5.41 Å². The average molecular weight is 467 g/mol. The lowest BCUT2D eigenvalue weighted by molar-refractivity contribution is -0.128. The molecule has 0 saturated heterocycles. The summed E-state index contributed by atoms with van der Waals surface area (Å²) in [5.41, 5.74) is 0.686. The first-order chi connectivity index (χ1) is 14.6. The maximum Gasteiger partial charge on any atom is 0.328 e. The van der Waals surface area contributed by atoms with Crippen molar-refractivity contribution in [2.75, 3.05) is 6.54 Å². The molecule has 4 amide bonds. The first-order valence-corrected chi connectivity index (χ1v) is 11.7. The van der Waals surface area contributed by atoms with Crippen LogP contribution in [0.5, 0.6) is 0 Å². The van der Waals surface area contributed by atoms with Gasteiger partial charge in [-0.1, -0.05) is 31.3 Å². The van der Waals surface area contributed by atoms with E-state index in [9.17, 15) is 22.8 Å². The highest BCUT2D eigenvalue weighted by atomic mass is 32.2. The molecule has 0 aromatic heterocycles. The fraction of sp³-hybridized carbons (Fsp3) is 0.400. The standard InChI is InChI=1S/C20H26N4O5S2/c1-4-20(13(3)10-22-18(20)26)9-16(23-12-25)14-6-7-15(11-30)17(8-14)31(28,29)24-19(27)21-5-2/h6-8,10-12,16H,4-5,9H2,1-3H3,(H,22,26)(H,23,25)(H2,21,24,27). The Kier molecular flexibility index (Phi) is 7.91. The van der Waals surface area contributed by atoms with E-state index in [1.807, 2.05) is 18.6 Å². The molecular formula is C20H26N4O5S2. The summed E-state index contributed by atoms with van der Waals surface area (Å²) in [6, 6.07) is 2.99. The quantitative estimate of drug-likeness (QED) is 0.306. The van der Waals surface area contributed by atoms with Crippen LogP contribution in [0.25, 0.3) is 0 Å². The van der Waals surface area contributed by atoms with Gasteiger partial charge >= 0.3 is 6.03 Å². The molecular weight excluding hydrogens is 440 g/mol. The van der Waals surface area contributed by atoms with Crippen LogP contribution in [0, 0.1) is 5.41 Å². The molecule has 0 fully saturated rings. The van der Waals surface area contributed by atoms with Gasteiger partial charge in [0.25, 0.3) is 10.0 Å². The molecule has 0 saturated carbocycles. The number of benzene rings is 1. The Morgan fingerprint density at radius 1 is 1.32 bits per heavy atom. The molecule has 31 heavy (non-hydrogen) atoms. The third-order valence-electron chi connectivity index (χ3n) is 5.46. The van der Waals surface area contributed by atoms with Crippen LogP contribution < -0.4 is 20.7 Å². The van der Waals surface area contributed by atoms with Gasteiger partial charge in [0, 0.05) is 23.7 Å². The Balaban J connectivity index is 2.50. The molecule has 11 heteroatoms. The van der Waals surface area contributed by atoms with Gasteiger partial charge in [-0.05, 0) is 43.9 Å². The van der Waals surface area contributed by atoms with Gasteiger partial charge in [0.05, 0.1) is 16.4 Å². The maximum absolute atomic E-state index is 12.8. The monoisotopic (exact) mass is 466 g/mol. The number of hydrogen-bond acceptors (Lipinski definition) is 6. The minimum atomic E-state index is -4.23. The summed E-state index contributed by atoms with van der Waals surface area (Å²) in [6.07, 6.45) is 2.89. The lowest BCUT2D eigenvalue weighted by Crippen LogP contribution is -2.39. The lowest BCUT2D eigenvalue weighted by atomic mass is 9.73. The van der Waals surface area contributed by atoms with Crippen molar-refractivity contribution in [3.8, 4) is 0 Å². The summed E-state index contributed by atoms with van der Waals surface area (Å²) in [5, 5.41) is 8.96. The molecule has 0 radical (unpaired) electrons. The molecule has 2 atom stereocenters. The molecule has 2 rings (SSSR count). The first kappa shape index (κ1) is 24.5. The van der Waals surface area contributed by atoms with E-state index in [0.29, 0.717) is 18.4 Å². The Hall–Kier alpha value is -2.79. The second-order valence-corrected chi connectivity index (χ2v) is 9.04. The molecule has 1 aliphatic rings. The normalized spacial score (nSPS) is 19.1. The molecule has 0 bridgehead atoms. The van der Waals surface area contributed by atoms with Crippen LogP contribution in [-0.4, -0.2) is 38.7 Å². The van der Waals surface area contributed by atoms with Gasteiger partial charge in [0.2, 0.25) is 12.3 Å². The average Bonchev–Trinajstić information content (AvgIpc) is 3.01. The van der Waals surface area contributed by atoms with Crippen LogP contribution in [0.4, 0.5) is 4.79 Å². The highest BCUT2D eigenvalue weighted by Crippen LogP contribution is 2.42. The molecule has 2 unspecified atom stereocenters. The van der Waals surface area contributed by atoms with E-state index in [2.05, 4.69) is 16.0 Å². The van der Waals surface area contributed by atoms with Gasteiger partial charge in [-0.3, -0.25) is 9.59 Å². The van der Waals surface area contributed by atoms with Crippen molar-refractivity contribution in [1.82, 2.24) is 20.7 Å². The summed E-state index contributed by atoms with van der Waals surface area (Å²) < 4.78 is 27.5. The fourth-order valence-corrected chi connectivity index (χ4v) is 5.08. The number of amides is 4. The molecule has 4 N–H and O–H groups in total. The molecule has 0 spiro atoms. The van der Waals surface area contributed by atoms with E-state index >= 15 is 0 Å². The smallest absolute Gasteiger partial charge is 0.328 e. The zero-order valence-corrected chi connectivity index (χ0v) is 19.2. The van der Waals surface area contributed by atoms with Crippen LogP contribution in [0.1, 0.15) is 50.8 Å². The minimum absolute atomic E-state index is 0.175. The molecule has 0 aliphatic carbocycles. The Morgan fingerprint density at radius 3 is 2.55 bits per heavy atom. The number of rotatable bonds is 10. The third-order valence-corrected chi connectivity index (χ3v) is 7.10.